The fourth-order valence-corrected chi connectivity index (χ4v) is 3.80. The summed E-state index contributed by atoms with van der Waals surface area (Å²) in [6, 6.07) is 9.86. The van der Waals surface area contributed by atoms with Gasteiger partial charge in [-0.05, 0) is 42.0 Å². The van der Waals surface area contributed by atoms with E-state index >= 15 is 0 Å². The molecule has 2 aromatic carbocycles. The van der Waals surface area contributed by atoms with Gasteiger partial charge in [0, 0.05) is 17.2 Å². The number of carbonyl (C=O) groups is 1. The second kappa shape index (κ2) is 10.9. The molecule has 0 aliphatic carbocycles. The SMILES string of the molecule is O=C(NC(CO)C(O)c1ccc([N+](=O)[O-])cc1)c1ccc(COc2c(Cl)cc(Cl)cc2Cl)o1. The van der Waals surface area contributed by atoms with Gasteiger partial charge in [0.05, 0.1) is 27.6 Å². The minimum absolute atomic E-state index is 0.0802. The van der Waals surface area contributed by atoms with E-state index in [9.17, 15) is 25.1 Å². The monoisotopic (exact) mass is 514 g/mol. The number of aliphatic hydroxyl groups excluding tert-OH is 2. The number of benzene rings is 2. The maximum Gasteiger partial charge on any atom is 0.287 e. The predicted octanol–water partition coefficient (Wildman–Crippen LogP) is 4.55. The quantitative estimate of drug-likeness (QED) is 0.281. The summed E-state index contributed by atoms with van der Waals surface area (Å²) in [7, 11) is 0. The van der Waals surface area contributed by atoms with Gasteiger partial charge in [-0.3, -0.25) is 14.9 Å². The standard InChI is InChI=1S/C21H17Cl3N2O7/c22-12-7-15(23)20(16(24)8-12)32-10-14-5-6-18(33-14)21(29)25-17(9-27)19(28)11-1-3-13(4-2-11)26(30)31/h1-8,17,19,27-28H,9-10H2,(H,25,29). The molecule has 0 aliphatic rings. The Morgan fingerprint density at radius 1 is 1.12 bits per heavy atom. The Bertz CT molecular complexity index is 1130. The Labute approximate surface area is 202 Å². The van der Waals surface area contributed by atoms with Gasteiger partial charge in [-0.25, -0.2) is 0 Å². The van der Waals surface area contributed by atoms with Crippen molar-refractivity contribution in [1.82, 2.24) is 5.32 Å². The number of hydrogen-bond acceptors (Lipinski definition) is 7. The summed E-state index contributed by atoms with van der Waals surface area (Å²) in [6.07, 6.45) is -1.31. The number of nitrogens with zero attached hydrogens (tertiary/aromatic N) is 1. The molecule has 3 N–H and O–H groups in total. The first-order valence-electron chi connectivity index (χ1n) is 9.39. The van der Waals surface area contributed by atoms with Gasteiger partial charge in [0.25, 0.3) is 11.6 Å². The molecule has 0 aliphatic heterocycles. The van der Waals surface area contributed by atoms with Crippen molar-refractivity contribution in [1.29, 1.82) is 0 Å². The van der Waals surface area contributed by atoms with Crippen molar-refractivity contribution in [2.45, 2.75) is 18.8 Å². The molecular weight excluding hydrogens is 499 g/mol. The average molecular weight is 516 g/mol. The van der Waals surface area contributed by atoms with Gasteiger partial charge in [-0.15, -0.1) is 0 Å². The number of amides is 1. The highest BCUT2D eigenvalue weighted by Crippen LogP contribution is 2.36. The van der Waals surface area contributed by atoms with Crippen LogP contribution in [0.2, 0.25) is 15.1 Å². The second-order valence-electron chi connectivity index (χ2n) is 6.81. The van der Waals surface area contributed by atoms with Gasteiger partial charge >= 0.3 is 0 Å². The van der Waals surface area contributed by atoms with E-state index in [4.69, 9.17) is 44.0 Å². The van der Waals surface area contributed by atoms with E-state index in [0.29, 0.717) is 10.8 Å². The molecule has 3 aromatic rings. The van der Waals surface area contributed by atoms with E-state index in [1.807, 2.05) is 0 Å². The molecular formula is C21H17Cl3N2O7. The van der Waals surface area contributed by atoms with Gasteiger partial charge in [0.15, 0.2) is 11.5 Å². The van der Waals surface area contributed by atoms with E-state index in [1.54, 1.807) is 0 Å². The van der Waals surface area contributed by atoms with Gasteiger partial charge in [-0.1, -0.05) is 34.8 Å². The first-order chi connectivity index (χ1) is 15.7. The fraction of sp³-hybridized carbons (Fsp3) is 0.190. The Morgan fingerprint density at radius 2 is 1.76 bits per heavy atom. The largest absolute Gasteiger partial charge is 0.483 e. The topological polar surface area (TPSA) is 135 Å². The number of nitro benzene ring substituents is 1. The summed E-state index contributed by atoms with van der Waals surface area (Å²) in [5.74, 6) is -0.282. The van der Waals surface area contributed by atoms with E-state index in [2.05, 4.69) is 5.32 Å². The van der Waals surface area contributed by atoms with Crippen LogP contribution in [0.25, 0.3) is 0 Å². The number of non-ortho nitro benzene ring substituents is 1. The van der Waals surface area contributed by atoms with Crippen molar-refractivity contribution in [3.63, 3.8) is 0 Å². The molecule has 1 amide bonds. The van der Waals surface area contributed by atoms with Crippen LogP contribution in [0.5, 0.6) is 5.75 Å². The highest BCUT2D eigenvalue weighted by molar-refractivity contribution is 6.40. The first kappa shape index (κ1) is 24.8. The highest BCUT2D eigenvalue weighted by atomic mass is 35.5. The number of aliphatic hydroxyl groups is 2. The molecule has 12 heteroatoms. The number of ether oxygens (including phenoxy) is 1. The van der Waals surface area contributed by atoms with E-state index in [1.165, 1.54) is 48.5 Å². The van der Waals surface area contributed by atoms with Crippen LogP contribution in [0, 0.1) is 10.1 Å². The predicted molar refractivity (Wildman–Crippen MR) is 121 cm³/mol. The van der Waals surface area contributed by atoms with E-state index in [0.717, 1.165) is 0 Å². The fourth-order valence-electron chi connectivity index (χ4n) is 2.88. The van der Waals surface area contributed by atoms with Gasteiger partial charge in [0.1, 0.15) is 18.5 Å². The van der Waals surface area contributed by atoms with Crippen molar-refractivity contribution >= 4 is 46.4 Å². The molecule has 0 radical (unpaired) electrons. The van der Waals surface area contributed by atoms with Crippen LogP contribution in [-0.2, 0) is 6.61 Å². The van der Waals surface area contributed by atoms with Gasteiger partial charge < -0.3 is 24.7 Å². The third-order valence-electron chi connectivity index (χ3n) is 4.55. The minimum atomic E-state index is -1.31. The summed E-state index contributed by atoms with van der Waals surface area (Å²) in [6.45, 7) is -0.669. The Kier molecular flexibility index (Phi) is 8.17. The Morgan fingerprint density at radius 3 is 2.33 bits per heavy atom. The number of hydrogen-bond donors (Lipinski definition) is 3. The maximum absolute atomic E-state index is 12.5. The molecule has 0 saturated carbocycles. The van der Waals surface area contributed by atoms with Crippen LogP contribution in [-0.4, -0.2) is 33.7 Å². The molecule has 2 atom stereocenters. The molecule has 0 fully saturated rings. The third kappa shape index (κ3) is 6.16. The Hall–Kier alpha value is -2.82. The number of furan rings is 1. The summed E-state index contributed by atoms with van der Waals surface area (Å²) >= 11 is 18.0. The number of halogens is 3. The molecule has 0 bridgehead atoms. The van der Waals surface area contributed by atoms with Crippen LogP contribution in [0.1, 0.15) is 28.0 Å². The molecule has 174 valence electrons. The van der Waals surface area contributed by atoms with Crippen LogP contribution in [0.15, 0.2) is 52.9 Å². The highest BCUT2D eigenvalue weighted by Gasteiger charge is 2.25. The summed E-state index contributed by atoms with van der Waals surface area (Å²) in [5, 5.41) is 34.1. The molecule has 0 saturated heterocycles. The van der Waals surface area contributed by atoms with E-state index < -0.39 is 29.6 Å². The van der Waals surface area contributed by atoms with Crippen molar-refractivity contribution in [3.8, 4) is 5.75 Å². The summed E-state index contributed by atoms with van der Waals surface area (Å²) in [4.78, 5) is 22.7. The zero-order valence-electron chi connectivity index (χ0n) is 16.7. The normalized spacial score (nSPS) is 12.8. The number of carbonyl (C=O) groups excluding carboxylic acids is 1. The smallest absolute Gasteiger partial charge is 0.287 e. The Balaban J connectivity index is 1.63. The van der Waals surface area contributed by atoms with Crippen LogP contribution in [0.3, 0.4) is 0 Å². The number of nitrogens with one attached hydrogen (secondary N) is 1. The van der Waals surface area contributed by atoms with Crippen molar-refractivity contribution in [2.75, 3.05) is 6.61 Å². The maximum atomic E-state index is 12.5. The van der Waals surface area contributed by atoms with Gasteiger partial charge in [0.2, 0.25) is 0 Å². The summed E-state index contributed by atoms with van der Waals surface area (Å²) in [5.41, 5.74) is 0.132. The van der Waals surface area contributed by atoms with Crippen molar-refractivity contribution < 1.29 is 29.1 Å². The number of nitro groups is 1. The van der Waals surface area contributed by atoms with Crippen LogP contribution < -0.4 is 10.1 Å². The first-order valence-corrected chi connectivity index (χ1v) is 10.5. The minimum Gasteiger partial charge on any atom is -0.483 e. The van der Waals surface area contributed by atoms with Crippen molar-refractivity contribution in [3.05, 3.63) is 90.8 Å². The van der Waals surface area contributed by atoms with Crippen molar-refractivity contribution in [2.24, 2.45) is 0 Å². The molecule has 1 aromatic heterocycles. The van der Waals surface area contributed by atoms with Crippen LogP contribution >= 0.6 is 34.8 Å². The lowest BCUT2D eigenvalue weighted by Gasteiger charge is -2.22. The molecule has 0 spiro atoms. The summed E-state index contributed by atoms with van der Waals surface area (Å²) < 4.78 is 11.0. The molecule has 33 heavy (non-hydrogen) atoms. The van der Waals surface area contributed by atoms with Crippen LogP contribution in [0.4, 0.5) is 5.69 Å². The van der Waals surface area contributed by atoms with E-state index in [-0.39, 0.29) is 39.4 Å². The number of rotatable bonds is 9. The zero-order valence-corrected chi connectivity index (χ0v) is 19.0. The van der Waals surface area contributed by atoms with Gasteiger partial charge in [-0.2, -0.15) is 0 Å². The lowest BCUT2D eigenvalue weighted by molar-refractivity contribution is -0.384. The second-order valence-corrected chi connectivity index (χ2v) is 8.06. The lowest BCUT2D eigenvalue weighted by atomic mass is 10.0. The molecule has 1 heterocycles. The zero-order chi connectivity index (χ0) is 24.1. The molecule has 2 unspecified atom stereocenters. The lowest BCUT2D eigenvalue weighted by Crippen LogP contribution is -2.41. The third-order valence-corrected chi connectivity index (χ3v) is 5.33. The molecule has 3 rings (SSSR count). The average Bonchev–Trinajstić information content (AvgIpc) is 3.25. The molecule has 9 nitrogen and oxygen atoms in total.